The minimum Gasteiger partial charge on any atom is -0.490 e. The summed E-state index contributed by atoms with van der Waals surface area (Å²) >= 11 is 5.85. The normalized spacial score (nSPS) is 15.3. The van der Waals surface area contributed by atoms with Crippen molar-refractivity contribution in [2.24, 2.45) is 5.41 Å². The zero-order valence-corrected chi connectivity index (χ0v) is 17.0. The molecule has 28 heavy (non-hydrogen) atoms. The van der Waals surface area contributed by atoms with Crippen LogP contribution in [0.15, 0.2) is 42.5 Å². The van der Waals surface area contributed by atoms with Crippen LogP contribution in [0.4, 0.5) is 21.9 Å². The molecule has 7 heteroatoms. The van der Waals surface area contributed by atoms with E-state index in [9.17, 15) is 9.59 Å². The van der Waals surface area contributed by atoms with Crippen LogP contribution in [0.2, 0.25) is 5.02 Å². The monoisotopic (exact) mass is 401 g/mol. The van der Waals surface area contributed by atoms with Crippen LogP contribution < -0.4 is 20.3 Å². The summed E-state index contributed by atoms with van der Waals surface area (Å²) in [5, 5.41) is 6.13. The van der Waals surface area contributed by atoms with Crippen LogP contribution in [0.5, 0.6) is 5.75 Å². The maximum Gasteiger partial charge on any atom is 0.323 e. The average Bonchev–Trinajstić information content (AvgIpc) is 2.74. The Kier molecular flexibility index (Phi) is 5.79. The predicted molar refractivity (Wildman–Crippen MR) is 112 cm³/mol. The van der Waals surface area contributed by atoms with Crippen molar-refractivity contribution >= 4 is 40.6 Å². The van der Waals surface area contributed by atoms with Crippen LogP contribution in [0.1, 0.15) is 27.2 Å². The van der Waals surface area contributed by atoms with Crippen molar-refractivity contribution in [3.63, 3.8) is 0 Å². The van der Waals surface area contributed by atoms with Gasteiger partial charge in [0.2, 0.25) is 5.91 Å². The molecule has 0 unspecified atom stereocenters. The van der Waals surface area contributed by atoms with Crippen molar-refractivity contribution in [3.8, 4) is 5.75 Å². The van der Waals surface area contributed by atoms with Crippen LogP contribution in [0, 0.1) is 5.41 Å². The minimum absolute atomic E-state index is 0.0364. The van der Waals surface area contributed by atoms with E-state index in [0.717, 1.165) is 12.1 Å². The molecule has 0 aliphatic carbocycles. The number of benzene rings is 2. The minimum atomic E-state index is -0.617. The lowest BCUT2D eigenvalue weighted by Gasteiger charge is -2.27. The van der Waals surface area contributed by atoms with Crippen LogP contribution in [0.25, 0.3) is 0 Å². The number of carbonyl (C=O) groups is 2. The van der Waals surface area contributed by atoms with E-state index in [0.29, 0.717) is 28.7 Å². The summed E-state index contributed by atoms with van der Waals surface area (Å²) in [6.07, 6.45) is 0.838. The predicted octanol–water partition coefficient (Wildman–Crippen LogP) is 5.15. The van der Waals surface area contributed by atoms with Gasteiger partial charge in [-0.15, -0.1) is 0 Å². The van der Waals surface area contributed by atoms with Gasteiger partial charge < -0.3 is 20.3 Å². The Morgan fingerprint density at radius 2 is 1.79 bits per heavy atom. The molecule has 0 bridgehead atoms. The van der Waals surface area contributed by atoms with Gasteiger partial charge in [0, 0.05) is 29.0 Å². The fraction of sp³-hybridized carbons (Fsp3) is 0.333. The molecule has 1 aliphatic heterocycles. The molecule has 3 amide bonds. The summed E-state index contributed by atoms with van der Waals surface area (Å²) in [4.78, 5) is 26.9. The molecule has 0 saturated heterocycles. The molecule has 148 valence electrons. The number of anilines is 3. The van der Waals surface area contributed by atoms with Gasteiger partial charge in [-0.3, -0.25) is 4.79 Å². The third-order valence-electron chi connectivity index (χ3n) is 4.47. The summed E-state index contributed by atoms with van der Waals surface area (Å²) in [6, 6.07) is 11.8. The summed E-state index contributed by atoms with van der Waals surface area (Å²) in [5.41, 5.74) is 1.32. The average molecular weight is 402 g/mol. The molecule has 1 aliphatic rings. The fourth-order valence-corrected chi connectivity index (χ4v) is 3.12. The first kappa shape index (κ1) is 20.0. The maximum absolute atomic E-state index is 12.9. The molecular weight excluding hydrogens is 378 g/mol. The number of hydrogen-bond acceptors (Lipinski definition) is 3. The third kappa shape index (κ3) is 4.39. The summed E-state index contributed by atoms with van der Waals surface area (Å²) in [6.45, 7) is 6.68. The molecule has 2 N–H and O–H groups in total. The van der Waals surface area contributed by atoms with Crippen molar-refractivity contribution < 1.29 is 14.3 Å². The SMILES string of the molecule is CCCN1C(=O)C(C)(C)COc2cc(NC(=O)Nc3ccc(Cl)cc3)ccc21. The van der Waals surface area contributed by atoms with E-state index in [1.807, 2.05) is 26.8 Å². The highest BCUT2D eigenvalue weighted by Gasteiger charge is 2.37. The number of fused-ring (bicyclic) bond motifs is 1. The van der Waals surface area contributed by atoms with Crippen molar-refractivity contribution in [2.45, 2.75) is 27.2 Å². The summed E-state index contributed by atoms with van der Waals surface area (Å²) < 4.78 is 5.92. The van der Waals surface area contributed by atoms with Gasteiger partial charge in [-0.2, -0.15) is 0 Å². The Labute approximate surface area is 169 Å². The number of hydrogen-bond donors (Lipinski definition) is 2. The molecule has 0 saturated carbocycles. The number of nitrogens with zero attached hydrogens (tertiary/aromatic N) is 1. The van der Waals surface area contributed by atoms with E-state index in [2.05, 4.69) is 10.6 Å². The highest BCUT2D eigenvalue weighted by atomic mass is 35.5. The number of halogens is 1. The molecule has 0 aromatic heterocycles. The molecule has 6 nitrogen and oxygen atoms in total. The first-order chi connectivity index (χ1) is 13.3. The molecule has 3 rings (SSSR count). The molecule has 0 radical (unpaired) electrons. The van der Waals surface area contributed by atoms with Gasteiger partial charge >= 0.3 is 6.03 Å². The highest BCUT2D eigenvalue weighted by Crippen LogP contribution is 2.38. The summed E-state index contributed by atoms with van der Waals surface area (Å²) in [7, 11) is 0. The van der Waals surface area contributed by atoms with Gasteiger partial charge in [0.05, 0.1) is 11.1 Å². The van der Waals surface area contributed by atoms with E-state index in [4.69, 9.17) is 16.3 Å². The number of urea groups is 1. The highest BCUT2D eigenvalue weighted by molar-refractivity contribution is 6.30. The van der Waals surface area contributed by atoms with E-state index >= 15 is 0 Å². The second kappa shape index (κ2) is 8.10. The third-order valence-corrected chi connectivity index (χ3v) is 4.72. The van der Waals surface area contributed by atoms with Crippen molar-refractivity contribution in [2.75, 3.05) is 28.7 Å². The lowest BCUT2D eigenvalue weighted by atomic mass is 9.93. The topological polar surface area (TPSA) is 70.7 Å². The standard InChI is InChI=1S/C21H24ClN3O3/c1-4-11-25-17-10-9-16(12-18(17)28-13-21(2,3)19(25)26)24-20(27)23-15-7-5-14(22)6-8-15/h5-10,12H,4,11,13H2,1-3H3,(H2,23,24,27). The first-order valence-electron chi connectivity index (χ1n) is 9.22. The van der Waals surface area contributed by atoms with Crippen molar-refractivity contribution in [3.05, 3.63) is 47.5 Å². The van der Waals surface area contributed by atoms with Crippen LogP contribution in [-0.4, -0.2) is 25.1 Å². The van der Waals surface area contributed by atoms with E-state index in [1.165, 1.54) is 0 Å². The fourth-order valence-electron chi connectivity index (χ4n) is 3.00. The van der Waals surface area contributed by atoms with Crippen LogP contribution in [0.3, 0.4) is 0 Å². The second-order valence-corrected chi connectivity index (χ2v) is 7.83. The molecule has 0 atom stereocenters. The maximum atomic E-state index is 12.9. The number of nitrogens with one attached hydrogen (secondary N) is 2. The van der Waals surface area contributed by atoms with Gasteiger partial charge in [0.25, 0.3) is 0 Å². The largest absolute Gasteiger partial charge is 0.490 e. The quantitative estimate of drug-likeness (QED) is 0.744. The van der Waals surface area contributed by atoms with Crippen molar-refractivity contribution in [1.29, 1.82) is 0 Å². The Morgan fingerprint density at radius 3 is 2.46 bits per heavy atom. The zero-order valence-electron chi connectivity index (χ0n) is 16.2. The number of amides is 3. The van der Waals surface area contributed by atoms with Gasteiger partial charge in [0.15, 0.2) is 0 Å². The smallest absolute Gasteiger partial charge is 0.323 e. The van der Waals surface area contributed by atoms with Gasteiger partial charge in [-0.1, -0.05) is 18.5 Å². The van der Waals surface area contributed by atoms with E-state index in [1.54, 1.807) is 41.3 Å². The lowest BCUT2D eigenvalue weighted by Crippen LogP contribution is -2.42. The van der Waals surface area contributed by atoms with Crippen LogP contribution >= 0.6 is 11.6 Å². The molecule has 1 heterocycles. The Hall–Kier alpha value is -2.73. The number of carbonyl (C=O) groups excluding carboxylic acids is 2. The van der Waals surface area contributed by atoms with E-state index in [-0.39, 0.29) is 18.5 Å². The van der Waals surface area contributed by atoms with Gasteiger partial charge in [0.1, 0.15) is 12.4 Å². The molecular formula is C21H24ClN3O3. The molecule has 0 spiro atoms. The van der Waals surface area contributed by atoms with E-state index < -0.39 is 5.41 Å². The molecule has 2 aromatic rings. The Balaban J connectivity index is 1.79. The zero-order chi connectivity index (χ0) is 20.3. The van der Waals surface area contributed by atoms with Gasteiger partial charge in [-0.05, 0) is 56.7 Å². The number of ether oxygens (including phenoxy) is 1. The lowest BCUT2D eigenvalue weighted by molar-refractivity contribution is -0.127. The Bertz CT molecular complexity index is 881. The Morgan fingerprint density at radius 1 is 1.14 bits per heavy atom. The first-order valence-corrected chi connectivity index (χ1v) is 9.60. The van der Waals surface area contributed by atoms with Crippen molar-refractivity contribution in [1.82, 2.24) is 0 Å². The molecule has 2 aromatic carbocycles. The van der Waals surface area contributed by atoms with Crippen LogP contribution in [-0.2, 0) is 4.79 Å². The second-order valence-electron chi connectivity index (χ2n) is 7.40. The summed E-state index contributed by atoms with van der Waals surface area (Å²) in [5.74, 6) is 0.617. The molecule has 0 fully saturated rings. The van der Waals surface area contributed by atoms with Gasteiger partial charge in [-0.25, -0.2) is 4.79 Å². The number of rotatable bonds is 4.